The summed E-state index contributed by atoms with van der Waals surface area (Å²) in [5, 5.41) is 9.22. The van der Waals surface area contributed by atoms with Gasteiger partial charge in [-0.1, -0.05) is 6.07 Å². The molecule has 3 aliphatic rings. The highest BCUT2D eigenvalue weighted by molar-refractivity contribution is 5.95. The maximum Gasteiger partial charge on any atom is 0.307 e. The number of nitrogens with zero attached hydrogens (tertiary/aromatic N) is 2. The number of hydrogen-bond donors (Lipinski definition) is 1. The topological polar surface area (TPSA) is 79.7 Å². The third kappa shape index (κ3) is 2.84. The second-order valence-electron chi connectivity index (χ2n) is 8.13. The molecule has 3 heterocycles. The maximum atomic E-state index is 13.0. The minimum absolute atomic E-state index is 0.0266. The lowest BCUT2D eigenvalue weighted by Gasteiger charge is -2.32. The van der Waals surface area contributed by atoms with E-state index in [9.17, 15) is 14.7 Å². The van der Waals surface area contributed by atoms with E-state index in [1.54, 1.807) is 12.4 Å². The maximum absolute atomic E-state index is 13.0. The van der Waals surface area contributed by atoms with Crippen LogP contribution in [0.1, 0.15) is 35.2 Å². The largest absolute Gasteiger partial charge is 0.493 e. The molecule has 0 radical (unpaired) electrons. The molecule has 6 heteroatoms. The number of aliphatic carboxylic acids is 1. The van der Waals surface area contributed by atoms with Gasteiger partial charge in [0.25, 0.3) is 5.91 Å². The summed E-state index contributed by atoms with van der Waals surface area (Å²) in [6.45, 7) is 1.95. The first-order valence-corrected chi connectivity index (χ1v) is 9.79. The normalized spacial score (nSPS) is 21.9. The fourth-order valence-corrected chi connectivity index (χ4v) is 4.67. The quantitative estimate of drug-likeness (QED) is 0.888. The Morgan fingerprint density at radius 2 is 1.96 bits per heavy atom. The Bertz CT molecular complexity index is 963. The number of pyridine rings is 1. The van der Waals surface area contributed by atoms with Gasteiger partial charge in [-0.05, 0) is 54.0 Å². The van der Waals surface area contributed by atoms with Gasteiger partial charge in [0.2, 0.25) is 0 Å². The highest BCUT2D eigenvalue weighted by atomic mass is 16.5. The van der Waals surface area contributed by atoms with Crippen LogP contribution in [0.2, 0.25) is 0 Å². The van der Waals surface area contributed by atoms with E-state index in [1.807, 2.05) is 23.1 Å². The number of carbonyl (C=O) groups is 2. The van der Waals surface area contributed by atoms with Crippen molar-refractivity contribution in [2.75, 3.05) is 19.7 Å². The Morgan fingerprint density at radius 1 is 1.14 bits per heavy atom. The van der Waals surface area contributed by atoms with Gasteiger partial charge in [0.15, 0.2) is 0 Å². The number of aromatic nitrogens is 1. The van der Waals surface area contributed by atoms with Crippen molar-refractivity contribution in [3.05, 3.63) is 47.8 Å². The highest BCUT2D eigenvalue weighted by Gasteiger charge is 2.59. The molecule has 1 atom stereocenters. The zero-order valence-corrected chi connectivity index (χ0v) is 15.6. The van der Waals surface area contributed by atoms with Gasteiger partial charge in [0.05, 0.1) is 18.1 Å². The number of amides is 1. The van der Waals surface area contributed by atoms with Gasteiger partial charge in [-0.15, -0.1) is 0 Å². The Hall–Kier alpha value is -2.89. The van der Waals surface area contributed by atoms with E-state index in [1.165, 1.54) is 5.56 Å². The van der Waals surface area contributed by atoms with E-state index >= 15 is 0 Å². The molecule has 1 N–H and O–H groups in total. The van der Waals surface area contributed by atoms with E-state index in [2.05, 4.69) is 11.1 Å². The SMILES string of the molecule is O=C(O)C1CC12CCN(C(=O)c1cncc(-c3ccc4c(c3)CCO4)c1)CC2. The van der Waals surface area contributed by atoms with Crippen LogP contribution < -0.4 is 4.74 Å². The molecule has 1 aromatic heterocycles. The lowest BCUT2D eigenvalue weighted by Crippen LogP contribution is -2.40. The predicted molar refractivity (Wildman–Crippen MR) is 102 cm³/mol. The molecule has 1 spiro atoms. The molecule has 1 saturated carbocycles. The third-order valence-electron chi connectivity index (χ3n) is 6.54. The van der Waals surface area contributed by atoms with Crippen LogP contribution in [0.25, 0.3) is 11.1 Å². The van der Waals surface area contributed by atoms with Crippen molar-refractivity contribution in [2.45, 2.75) is 25.7 Å². The molecule has 6 nitrogen and oxygen atoms in total. The molecule has 1 saturated heterocycles. The fraction of sp³-hybridized carbons (Fsp3) is 0.409. The second-order valence-corrected chi connectivity index (χ2v) is 8.13. The van der Waals surface area contributed by atoms with Crippen molar-refractivity contribution in [2.24, 2.45) is 11.3 Å². The number of carbonyl (C=O) groups excluding carboxylic acids is 1. The van der Waals surface area contributed by atoms with E-state index in [-0.39, 0.29) is 17.2 Å². The summed E-state index contributed by atoms with van der Waals surface area (Å²) in [4.78, 5) is 30.3. The van der Waals surface area contributed by atoms with E-state index < -0.39 is 5.97 Å². The number of likely N-dealkylation sites (tertiary alicyclic amines) is 1. The standard InChI is InChI=1S/C22H22N2O4/c25-20(24-6-4-22(5-7-24)11-18(22)21(26)27)17-10-16(12-23-13-17)14-1-2-19-15(9-14)3-8-28-19/h1-2,9-10,12-13,18H,3-8,11H2,(H,26,27). The Balaban J connectivity index is 1.31. The van der Waals surface area contributed by atoms with Crippen molar-refractivity contribution in [3.63, 3.8) is 0 Å². The Kier molecular flexibility index (Phi) is 3.89. The minimum atomic E-state index is -0.698. The van der Waals surface area contributed by atoms with Crippen LogP contribution in [0.15, 0.2) is 36.7 Å². The van der Waals surface area contributed by atoms with Crippen molar-refractivity contribution in [1.29, 1.82) is 0 Å². The molecule has 1 unspecified atom stereocenters. The number of hydrogen-bond acceptors (Lipinski definition) is 4. The van der Waals surface area contributed by atoms with Crippen molar-refractivity contribution < 1.29 is 19.4 Å². The van der Waals surface area contributed by atoms with Gasteiger partial charge in [0.1, 0.15) is 5.75 Å². The van der Waals surface area contributed by atoms with Crippen LogP contribution in [0.3, 0.4) is 0 Å². The van der Waals surface area contributed by atoms with Crippen molar-refractivity contribution in [3.8, 4) is 16.9 Å². The molecular formula is C22H22N2O4. The van der Waals surface area contributed by atoms with Gasteiger partial charge in [-0.2, -0.15) is 0 Å². The van der Waals surface area contributed by atoms with Gasteiger partial charge >= 0.3 is 5.97 Å². The molecule has 2 fully saturated rings. The summed E-state index contributed by atoms with van der Waals surface area (Å²) in [5.74, 6) is -0.0119. The van der Waals surface area contributed by atoms with E-state index in [0.717, 1.165) is 49.2 Å². The average molecular weight is 378 g/mol. The first-order chi connectivity index (χ1) is 13.6. The van der Waals surface area contributed by atoms with Crippen molar-refractivity contribution >= 4 is 11.9 Å². The smallest absolute Gasteiger partial charge is 0.307 e. The minimum Gasteiger partial charge on any atom is -0.493 e. The zero-order valence-electron chi connectivity index (χ0n) is 15.6. The summed E-state index contributed by atoms with van der Waals surface area (Å²) in [6.07, 6.45) is 6.60. The van der Waals surface area contributed by atoms with Crippen molar-refractivity contribution in [1.82, 2.24) is 9.88 Å². The summed E-state index contributed by atoms with van der Waals surface area (Å²) >= 11 is 0. The number of benzene rings is 1. The number of rotatable bonds is 3. The van der Waals surface area contributed by atoms with E-state index in [0.29, 0.717) is 18.7 Å². The summed E-state index contributed by atoms with van der Waals surface area (Å²) in [6, 6.07) is 7.98. The molecule has 144 valence electrons. The molecule has 1 amide bonds. The summed E-state index contributed by atoms with van der Waals surface area (Å²) < 4.78 is 5.56. The summed E-state index contributed by atoms with van der Waals surface area (Å²) in [5.41, 5.74) is 3.65. The molecular weight excluding hydrogens is 356 g/mol. The molecule has 2 aromatic rings. The second kappa shape index (κ2) is 6.33. The lowest BCUT2D eigenvalue weighted by molar-refractivity contribution is -0.139. The van der Waals surface area contributed by atoms with Gasteiger partial charge in [0, 0.05) is 37.5 Å². The van der Waals surface area contributed by atoms with Crippen LogP contribution in [0, 0.1) is 11.3 Å². The number of fused-ring (bicyclic) bond motifs is 1. The highest BCUT2D eigenvalue weighted by Crippen LogP contribution is 2.59. The first-order valence-electron chi connectivity index (χ1n) is 9.79. The summed E-state index contributed by atoms with van der Waals surface area (Å²) in [7, 11) is 0. The van der Waals surface area contributed by atoms with Crippen LogP contribution in [0.5, 0.6) is 5.75 Å². The van der Waals surface area contributed by atoms with Crippen LogP contribution >= 0.6 is 0 Å². The zero-order chi connectivity index (χ0) is 19.3. The number of carboxylic acid groups (broad SMARTS) is 1. The fourth-order valence-electron chi connectivity index (χ4n) is 4.67. The molecule has 0 bridgehead atoms. The van der Waals surface area contributed by atoms with E-state index in [4.69, 9.17) is 4.74 Å². The lowest BCUT2D eigenvalue weighted by atomic mass is 9.90. The monoisotopic (exact) mass is 378 g/mol. The van der Waals surface area contributed by atoms with Gasteiger partial charge in [-0.3, -0.25) is 14.6 Å². The molecule has 28 heavy (non-hydrogen) atoms. The number of carboxylic acids is 1. The predicted octanol–water partition coefficient (Wildman–Crippen LogP) is 3.01. The van der Waals surface area contributed by atoms with Crippen LogP contribution in [0.4, 0.5) is 0 Å². The number of piperidine rings is 1. The average Bonchev–Trinajstić information content (AvgIpc) is 3.21. The number of ether oxygens (including phenoxy) is 1. The Labute approximate surface area is 163 Å². The molecule has 1 aliphatic carbocycles. The first kappa shape index (κ1) is 17.2. The molecule has 5 rings (SSSR count). The van der Waals surface area contributed by atoms with Gasteiger partial charge < -0.3 is 14.7 Å². The van der Waals surface area contributed by atoms with Gasteiger partial charge in [-0.25, -0.2) is 0 Å². The third-order valence-corrected chi connectivity index (χ3v) is 6.54. The molecule has 2 aliphatic heterocycles. The van der Waals surface area contributed by atoms with Crippen LogP contribution in [-0.2, 0) is 11.2 Å². The van der Waals surface area contributed by atoms with Crippen LogP contribution in [-0.4, -0.2) is 46.6 Å². The Morgan fingerprint density at radius 3 is 2.71 bits per heavy atom. The molecule has 1 aromatic carbocycles.